The molecule has 0 radical (unpaired) electrons. The van der Waals surface area contributed by atoms with Gasteiger partial charge in [0.15, 0.2) is 0 Å². The number of fused-ring (bicyclic) bond motifs is 3. The number of aryl methyl sites for hydroxylation is 1. The number of hydrogen-bond donors (Lipinski definition) is 3. The van der Waals surface area contributed by atoms with Crippen molar-refractivity contribution in [2.45, 2.75) is 120 Å². The van der Waals surface area contributed by atoms with Crippen molar-refractivity contribution in [2.75, 3.05) is 27.7 Å². The van der Waals surface area contributed by atoms with Gasteiger partial charge in [-0.25, -0.2) is 18.2 Å². The predicted octanol–water partition coefficient (Wildman–Crippen LogP) is 3.72. The number of carbonyl (C=O) groups is 4. The Bertz CT molecular complexity index is 1980. The molecule has 2 saturated carbocycles. The first-order chi connectivity index (χ1) is 26.0. The first-order valence-electron chi connectivity index (χ1n) is 19.1. The summed E-state index contributed by atoms with van der Waals surface area (Å²) in [6, 6.07) is 2.87. The highest BCUT2D eigenvalue weighted by atomic mass is 32.2. The van der Waals surface area contributed by atoms with E-state index in [1.165, 1.54) is 9.80 Å². The van der Waals surface area contributed by atoms with Crippen molar-refractivity contribution in [1.29, 1.82) is 0 Å². The molecule has 15 nitrogen and oxygen atoms in total. The van der Waals surface area contributed by atoms with E-state index in [1.807, 2.05) is 45.1 Å². The molecular formula is C39H54N6O9S. The molecule has 5 atom stereocenters. The number of methoxy groups -OCH3 is 1. The first-order valence-corrected chi connectivity index (χ1v) is 20.6. The molecule has 5 amide bonds. The summed E-state index contributed by atoms with van der Waals surface area (Å²) in [5.41, 5.74) is -0.128. The van der Waals surface area contributed by atoms with Gasteiger partial charge in [0, 0.05) is 43.5 Å². The lowest BCUT2D eigenvalue weighted by molar-refractivity contribution is -0.141. The van der Waals surface area contributed by atoms with Gasteiger partial charge in [-0.2, -0.15) is 0 Å². The van der Waals surface area contributed by atoms with E-state index in [0.717, 1.165) is 18.4 Å². The molecule has 0 spiro atoms. The lowest BCUT2D eigenvalue weighted by atomic mass is 10.0. The second kappa shape index (κ2) is 15.5. The summed E-state index contributed by atoms with van der Waals surface area (Å²) in [6.07, 6.45) is 7.40. The zero-order valence-electron chi connectivity index (χ0n) is 32.8. The first kappa shape index (κ1) is 40.1. The molecule has 2 aromatic rings. The van der Waals surface area contributed by atoms with Gasteiger partial charge < -0.3 is 34.6 Å². The fraction of sp³-hybridized carbons (Fsp3) is 0.615. The molecule has 55 heavy (non-hydrogen) atoms. The van der Waals surface area contributed by atoms with Gasteiger partial charge in [-0.05, 0) is 78.4 Å². The van der Waals surface area contributed by atoms with Crippen LogP contribution in [0.3, 0.4) is 0 Å². The van der Waals surface area contributed by atoms with Gasteiger partial charge in [-0.3, -0.25) is 19.1 Å². The van der Waals surface area contributed by atoms with E-state index < -0.39 is 68.2 Å². The summed E-state index contributed by atoms with van der Waals surface area (Å²) in [5.74, 6) is -0.886. The molecule has 2 aliphatic heterocycles. The van der Waals surface area contributed by atoms with E-state index in [9.17, 15) is 27.6 Å². The third kappa shape index (κ3) is 8.33. The van der Waals surface area contributed by atoms with E-state index in [4.69, 9.17) is 19.2 Å². The van der Waals surface area contributed by atoms with Gasteiger partial charge in [0.2, 0.25) is 27.7 Å². The van der Waals surface area contributed by atoms with E-state index >= 15 is 0 Å². The summed E-state index contributed by atoms with van der Waals surface area (Å²) >= 11 is 0. The minimum atomic E-state index is -3.99. The van der Waals surface area contributed by atoms with Crippen LogP contribution in [0.15, 0.2) is 30.4 Å². The van der Waals surface area contributed by atoms with Gasteiger partial charge in [-0.1, -0.05) is 25.0 Å². The molecule has 16 heteroatoms. The number of urea groups is 1. The van der Waals surface area contributed by atoms with Gasteiger partial charge in [-0.15, -0.1) is 0 Å². The number of hydrogen-bond acceptors (Lipinski definition) is 10. The quantitative estimate of drug-likeness (QED) is 0.317. The fourth-order valence-corrected chi connectivity index (χ4v) is 8.69. The van der Waals surface area contributed by atoms with E-state index in [-0.39, 0.29) is 25.5 Å². The maximum atomic E-state index is 14.5. The third-order valence-electron chi connectivity index (χ3n) is 11.2. The Kier molecular flexibility index (Phi) is 11.3. The van der Waals surface area contributed by atoms with Gasteiger partial charge in [0.25, 0.3) is 5.91 Å². The molecule has 1 aromatic heterocycles. The lowest BCUT2D eigenvalue weighted by Crippen LogP contribution is -2.59. The number of allylic oxidation sites excluding steroid dienone is 1. The molecule has 6 rings (SSSR count). The monoisotopic (exact) mass is 782 g/mol. The molecule has 1 saturated heterocycles. The van der Waals surface area contributed by atoms with Crippen LogP contribution in [-0.4, -0.2) is 109 Å². The minimum Gasteiger partial charge on any atom is -0.496 e. The summed E-state index contributed by atoms with van der Waals surface area (Å²) in [5, 5.41) is 6.44. The highest BCUT2D eigenvalue weighted by molar-refractivity contribution is 7.91. The van der Waals surface area contributed by atoms with Crippen LogP contribution >= 0.6 is 0 Å². The normalized spacial score (nSPS) is 26.5. The summed E-state index contributed by atoms with van der Waals surface area (Å²) < 4.78 is 45.8. The number of nitrogens with one attached hydrogen (secondary N) is 3. The molecule has 3 heterocycles. The van der Waals surface area contributed by atoms with Gasteiger partial charge in [0.1, 0.15) is 35.2 Å². The number of amides is 5. The van der Waals surface area contributed by atoms with Crippen LogP contribution in [0.25, 0.3) is 10.9 Å². The molecule has 1 aromatic carbocycles. The number of nitrogens with zero attached hydrogens (tertiary/aromatic N) is 3. The van der Waals surface area contributed by atoms with E-state index in [1.54, 1.807) is 34.2 Å². The highest BCUT2D eigenvalue weighted by Crippen LogP contribution is 2.47. The van der Waals surface area contributed by atoms with Crippen molar-refractivity contribution in [1.82, 2.24) is 30.1 Å². The third-order valence-corrected chi connectivity index (χ3v) is 13.3. The van der Waals surface area contributed by atoms with Crippen molar-refractivity contribution in [2.24, 2.45) is 5.92 Å². The Hall–Kier alpha value is -4.60. The highest BCUT2D eigenvalue weighted by Gasteiger charge is 2.63. The number of pyridine rings is 1. The van der Waals surface area contributed by atoms with Crippen molar-refractivity contribution in [3.8, 4) is 17.4 Å². The maximum Gasteiger partial charge on any atom is 0.317 e. The average Bonchev–Trinajstić information content (AvgIpc) is 4.00. The zero-order chi connectivity index (χ0) is 39.9. The van der Waals surface area contributed by atoms with Crippen LogP contribution in [0, 0.1) is 12.8 Å². The number of benzene rings is 1. The molecule has 4 aliphatic rings. The van der Waals surface area contributed by atoms with Crippen molar-refractivity contribution in [3.05, 3.63) is 35.9 Å². The molecule has 3 N–H and O–H groups in total. The number of rotatable bonds is 9. The van der Waals surface area contributed by atoms with E-state index in [2.05, 4.69) is 15.4 Å². The number of aromatic nitrogens is 1. The molecule has 3 fully saturated rings. The number of ether oxygens (including phenoxy) is 3. The van der Waals surface area contributed by atoms with Crippen LogP contribution in [-0.2, 0) is 24.4 Å². The minimum absolute atomic E-state index is 0.000158. The number of sulfonamides is 1. The predicted molar refractivity (Wildman–Crippen MR) is 205 cm³/mol. The van der Waals surface area contributed by atoms with Gasteiger partial charge >= 0.3 is 6.03 Å². The topological polar surface area (TPSA) is 186 Å². The van der Waals surface area contributed by atoms with Crippen molar-refractivity contribution in [3.63, 3.8) is 0 Å². The summed E-state index contributed by atoms with van der Waals surface area (Å²) in [4.78, 5) is 63.3. The SMILES string of the molecule is COc1ccc2c(O[C@@H]3C[C@H]4C(=O)N[C@]5(C(=O)NS(=O)(=O)C6(C)CC6)C[C@H]5C=CCCCCC[C@H](NC(=O)N(C)C)C(=O)N4C3)cc(OC(C)C)nc2c1C. The molecular weight excluding hydrogens is 729 g/mol. The Morgan fingerprint density at radius 3 is 2.53 bits per heavy atom. The second-order valence-electron chi connectivity index (χ2n) is 16.0. The zero-order valence-corrected chi connectivity index (χ0v) is 33.6. The van der Waals surface area contributed by atoms with E-state index in [0.29, 0.717) is 60.4 Å². The molecule has 0 bridgehead atoms. The Morgan fingerprint density at radius 1 is 1.11 bits per heavy atom. The van der Waals surface area contributed by atoms with Crippen LogP contribution < -0.4 is 29.6 Å². The molecule has 300 valence electrons. The fourth-order valence-electron chi connectivity index (χ4n) is 7.38. The summed E-state index contributed by atoms with van der Waals surface area (Å²) in [7, 11) is 0.762. The smallest absolute Gasteiger partial charge is 0.317 e. The Morgan fingerprint density at radius 2 is 1.85 bits per heavy atom. The molecule has 2 aliphatic carbocycles. The van der Waals surface area contributed by atoms with Gasteiger partial charge in [0.05, 0.1) is 30.0 Å². The standard InChI is InChI=1S/C39H54N6O9S/c1-23(2)53-32-20-31(27-15-16-30(52-7)24(3)33(27)41-32)54-26-19-29-34(46)42-39(36(48)43-55(50,51)38(4)17-18-38)21-25(39)13-11-9-8-10-12-14-28(35(47)45(29)22-26)40-37(49)44(5)6/h11,13,15-16,20,23,25-26,28-29H,8-10,12,14,17-19,21-22H2,1-7H3,(H,40,49)(H,42,46)(H,43,48)/t25-,26-,28+,29+,39-/m1/s1. The average molecular weight is 783 g/mol. The number of carbonyl (C=O) groups excluding carboxylic acids is 4. The lowest BCUT2D eigenvalue weighted by Gasteiger charge is -2.30. The van der Waals surface area contributed by atoms with Crippen LogP contribution in [0.4, 0.5) is 4.79 Å². The Labute approximate surface area is 322 Å². The largest absolute Gasteiger partial charge is 0.496 e. The molecule has 0 unspecified atom stereocenters. The Balaban J connectivity index is 1.35. The van der Waals surface area contributed by atoms with Crippen molar-refractivity contribution < 1.29 is 41.8 Å². The van der Waals surface area contributed by atoms with Crippen LogP contribution in [0.1, 0.15) is 84.1 Å². The maximum absolute atomic E-state index is 14.5. The summed E-state index contributed by atoms with van der Waals surface area (Å²) in [6.45, 7) is 7.25. The van der Waals surface area contributed by atoms with Crippen LogP contribution in [0.5, 0.6) is 17.4 Å². The van der Waals surface area contributed by atoms with Crippen LogP contribution in [0.2, 0.25) is 0 Å². The second-order valence-corrected chi connectivity index (χ2v) is 18.2. The van der Waals surface area contributed by atoms with Crippen molar-refractivity contribution >= 4 is 44.7 Å².